The summed E-state index contributed by atoms with van der Waals surface area (Å²) in [5.74, 6) is -0.508. The first-order chi connectivity index (χ1) is 15.1. The standard InChI is InChI=1S/C19H16F3N5O4S.H2S/c1-18(10-26-8-15(27(28)29)24-17(26)31-18)9-25-6-13-14(7-25)32-16(23-13)11-2-4-12(5-3-11)30-19(20,21)22;/h2-5,8H,6-7,9-10H2,1H3;1H2/t18-;/m0./s1. The monoisotopic (exact) mass is 501 g/mol. The third kappa shape index (κ3) is 4.77. The van der Waals surface area contributed by atoms with E-state index >= 15 is 0 Å². The van der Waals surface area contributed by atoms with Crippen LogP contribution in [0, 0.1) is 10.1 Å². The topological polar surface area (TPSA) is 95.6 Å². The van der Waals surface area contributed by atoms with Crippen LogP contribution in [0.5, 0.6) is 11.8 Å². The molecule has 2 aliphatic rings. The minimum atomic E-state index is -4.72. The molecule has 0 unspecified atom stereocenters. The fraction of sp³-hybridized carbons (Fsp3) is 0.368. The van der Waals surface area contributed by atoms with Crippen molar-refractivity contribution in [3.63, 3.8) is 0 Å². The Kier molecular flexibility index (Phi) is 5.78. The molecule has 0 saturated heterocycles. The van der Waals surface area contributed by atoms with Gasteiger partial charge in [0.1, 0.15) is 22.6 Å². The van der Waals surface area contributed by atoms with Crippen LogP contribution >= 0.6 is 24.8 Å². The maximum atomic E-state index is 12.3. The van der Waals surface area contributed by atoms with Crippen LogP contribution in [0.4, 0.5) is 19.0 Å². The minimum absolute atomic E-state index is 0. The maximum Gasteiger partial charge on any atom is 0.573 e. The number of fused-ring (bicyclic) bond motifs is 2. The Balaban J connectivity index is 0.00000259. The molecular weight excluding hydrogens is 483 g/mol. The molecule has 0 saturated carbocycles. The van der Waals surface area contributed by atoms with Crippen molar-refractivity contribution in [2.45, 2.75) is 38.5 Å². The van der Waals surface area contributed by atoms with Crippen molar-refractivity contribution in [1.29, 1.82) is 0 Å². The number of ether oxygens (including phenoxy) is 2. The van der Waals surface area contributed by atoms with Crippen LogP contribution in [-0.4, -0.2) is 42.9 Å². The zero-order valence-corrected chi connectivity index (χ0v) is 18.9. The van der Waals surface area contributed by atoms with Gasteiger partial charge in [-0.2, -0.15) is 13.5 Å². The predicted molar refractivity (Wildman–Crippen MR) is 117 cm³/mol. The van der Waals surface area contributed by atoms with Crippen LogP contribution in [0.2, 0.25) is 0 Å². The molecule has 1 aromatic carbocycles. The Labute approximate surface area is 196 Å². The number of halogens is 3. The number of hydrogen-bond donors (Lipinski definition) is 0. The number of alkyl halides is 3. The Morgan fingerprint density at radius 2 is 2.00 bits per heavy atom. The van der Waals surface area contributed by atoms with Gasteiger partial charge in [0.15, 0.2) is 0 Å². The predicted octanol–water partition coefficient (Wildman–Crippen LogP) is 4.09. The van der Waals surface area contributed by atoms with Crippen LogP contribution < -0.4 is 9.47 Å². The molecule has 1 atom stereocenters. The average Bonchev–Trinajstić information content (AvgIpc) is 3.39. The number of rotatable bonds is 5. The molecule has 9 nitrogen and oxygen atoms in total. The summed E-state index contributed by atoms with van der Waals surface area (Å²) in [6.45, 7) is 4.26. The zero-order chi connectivity index (χ0) is 22.7. The Bertz CT molecular complexity index is 1150. The second-order valence-corrected chi connectivity index (χ2v) is 9.01. The summed E-state index contributed by atoms with van der Waals surface area (Å²) in [5.41, 5.74) is 1.09. The number of nitrogens with zero attached hydrogens (tertiary/aromatic N) is 5. The molecule has 0 fully saturated rings. The van der Waals surface area contributed by atoms with E-state index in [1.807, 2.05) is 6.92 Å². The smallest absolute Gasteiger partial charge is 0.436 e. The lowest BCUT2D eigenvalue weighted by Crippen LogP contribution is -2.43. The van der Waals surface area contributed by atoms with Crippen molar-refractivity contribution in [3.05, 3.63) is 51.1 Å². The van der Waals surface area contributed by atoms with Gasteiger partial charge in [0, 0.05) is 35.1 Å². The second kappa shape index (κ2) is 8.18. The van der Waals surface area contributed by atoms with E-state index < -0.39 is 16.9 Å². The van der Waals surface area contributed by atoms with Crippen LogP contribution in [0.25, 0.3) is 10.6 Å². The molecule has 2 aliphatic heterocycles. The van der Waals surface area contributed by atoms with Gasteiger partial charge < -0.3 is 19.6 Å². The Morgan fingerprint density at radius 3 is 2.61 bits per heavy atom. The van der Waals surface area contributed by atoms with Gasteiger partial charge in [0.05, 0.1) is 12.2 Å². The zero-order valence-electron chi connectivity index (χ0n) is 17.1. The average molecular weight is 502 g/mol. The highest BCUT2D eigenvalue weighted by Crippen LogP contribution is 2.37. The number of aromatic nitrogens is 3. The first-order valence-electron chi connectivity index (χ1n) is 9.55. The molecule has 0 radical (unpaired) electrons. The highest BCUT2D eigenvalue weighted by Gasteiger charge is 2.42. The quantitative estimate of drug-likeness (QED) is 0.384. The van der Waals surface area contributed by atoms with E-state index in [0.29, 0.717) is 26.2 Å². The molecule has 0 bridgehead atoms. The van der Waals surface area contributed by atoms with E-state index in [0.717, 1.165) is 21.1 Å². The molecule has 176 valence electrons. The van der Waals surface area contributed by atoms with Crippen molar-refractivity contribution < 1.29 is 27.6 Å². The van der Waals surface area contributed by atoms with Crippen LogP contribution in [0.1, 0.15) is 17.5 Å². The lowest BCUT2D eigenvalue weighted by molar-refractivity contribution is -0.389. The van der Waals surface area contributed by atoms with Crippen molar-refractivity contribution in [2.24, 2.45) is 0 Å². The molecule has 33 heavy (non-hydrogen) atoms. The highest BCUT2D eigenvalue weighted by atomic mass is 32.1. The van der Waals surface area contributed by atoms with E-state index in [4.69, 9.17) is 4.74 Å². The van der Waals surface area contributed by atoms with Crippen molar-refractivity contribution in [2.75, 3.05) is 6.54 Å². The van der Waals surface area contributed by atoms with Gasteiger partial charge in [-0.05, 0) is 36.1 Å². The van der Waals surface area contributed by atoms with Gasteiger partial charge in [-0.15, -0.1) is 24.5 Å². The van der Waals surface area contributed by atoms with E-state index in [1.54, 1.807) is 16.7 Å². The van der Waals surface area contributed by atoms with E-state index in [-0.39, 0.29) is 31.1 Å². The summed E-state index contributed by atoms with van der Waals surface area (Å²) in [6.07, 6.45) is -3.35. The number of nitro groups is 1. The largest absolute Gasteiger partial charge is 0.573 e. The molecule has 14 heteroatoms. The second-order valence-electron chi connectivity index (χ2n) is 7.92. The normalized spacial score (nSPS) is 19.5. The van der Waals surface area contributed by atoms with Crippen molar-refractivity contribution >= 4 is 30.7 Å². The SMILES string of the molecule is C[C@]1(CN2Cc3nc(-c4ccc(OC(F)(F)F)cc4)sc3C2)Cn2cc([N+](=O)[O-])nc2O1.S. The first kappa shape index (κ1) is 23.3. The molecule has 0 N–H and O–H groups in total. The van der Waals surface area contributed by atoms with Crippen LogP contribution in [0.3, 0.4) is 0 Å². The minimum Gasteiger partial charge on any atom is -0.436 e. The lowest BCUT2D eigenvalue weighted by Gasteiger charge is -2.27. The van der Waals surface area contributed by atoms with E-state index in [1.165, 1.54) is 29.7 Å². The summed E-state index contributed by atoms with van der Waals surface area (Å²) in [6, 6.07) is 5.90. The molecule has 5 rings (SSSR count). The molecular formula is C19H18F3N5O4S2. The van der Waals surface area contributed by atoms with Crippen molar-refractivity contribution in [3.8, 4) is 22.3 Å². The maximum absolute atomic E-state index is 12.3. The van der Waals surface area contributed by atoms with Crippen LogP contribution in [-0.2, 0) is 19.6 Å². The summed E-state index contributed by atoms with van der Waals surface area (Å²) >= 11 is 1.50. The third-order valence-electron chi connectivity index (χ3n) is 5.17. The molecule has 3 aromatic rings. The van der Waals surface area contributed by atoms with E-state index in [9.17, 15) is 23.3 Å². The number of benzene rings is 1. The third-order valence-corrected chi connectivity index (χ3v) is 6.30. The first-order valence-corrected chi connectivity index (χ1v) is 10.4. The molecule has 0 amide bonds. The Hall–Kier alpha value is -2.84. The summed E-state index contributed by atoms with van der Waals surface area (Å²) in [7, 11) is 0. The molecule has 2 aromatic heterocycles. The Morgan fingerprint density at radius 1 is 1.27 bits per heavy atom. The highest BCUT2D eigenvalue weighted by molar-refractivity contribution is 7.59. The number of imidazole rings is 1. The molecule has 4 heterocycles. The summed E-state index contributed by atoms with van der Waals surface area (Å²) in [4.78, 5) is 22.1. The fourth-order valence-corrected chi connectivity index (χ4v) is 5.09. The summed E-state index contributed by atoms with van der Waals surface area (Å²) in [5, 5.41) is 11.6. The fourth-order valence-electron chi connectivity index (χ4n) is 3.97. The summed E-state index contributed by atoms with van der Waals surface area (Å²) < 4.78 is 48.4. The van der Waals surface area contributed by atoms with E-state index in [2.05, 4.69) is 19.6 Å². The molecule has 0 spiro atoms. The van der Waals surface area contributed by atoms with Gasteiger partial charge in [-0.25, -0.2) is 4.98 Å². The van der Waals surface area contributed by atoms with Crippen LogP contribution in [0.15, 0.2) is 30.5 Å². The van der Waals surface area contributed by atoms with Gasteiger partial charge in [0.2, 0.25) is 0 Å². The van der Waals surface area contributed by atoms with Crippen molar-refractivity contribution in [1.82, 2.24) is 19.4 Å². The van der Waals surface area contributed by atoms with Gasteiger partial charge in [0.25, 0.3) is 0 Å². The van der Waals surface area contributed by atoms with Gasteiger partial charge in [-0.3, -0.25) is 9.47 Å². The van der Waals surface area contributed by atoms with Gasteiger partial charge in [-0.1, -0.05) is 0 Å². The lowest BCUT2D eigenvalue weighted by atomic mass is 10.1. The molecule has 0 aliphatic carbocycles. The number of thiazole rings is 1. The van der Waals surface area contributed by atoms with Gasteiger partial charge >= 0.3 is 18.2 Å². The number of hydrogen-bond acceptors (Lipinski definition) is 8.